The molecule has 0 saturated heterocycles. The van der Waals surface area contributed by atoms with E-state index in [0.29, 0.717) is 19.4 Å². The van der Waals surface area contributed by atoms with Gasteiger partial charge in [-0.2, -0.15) is 13.2 Å². The number of ether oxygens (including phenoxy) is 1. The molecule has 1 aliphatic heterocycles. The van der Waals surface area contributed by atoms with Crippen LogP contribution in [0.3, 0.4) is 0 Å². The van der Waals surface area contributed by atoms with E-state index in [4.69, 9.17) is 4.74 Å². The summed E-state index contributed by atoms with van der Waals surface area (Å²) < 4.78 is 43.5. The Morgan fingerprint density at radius 2 is 1.86 bits per heavy atom. The molecule has 2 rings (SSSR count). The van der Waals surface area contributed by atoms with Gasteiger partial charge >= 0.3 is 12.1 Å². The third-order valence-electron chi connectivity index (χ3n) is 3.50. The van der Waals surface area contributed by atoms with E-state index in [2.05, 4.69) is 15.9 Å². The number of amides is 1. The van der Waals surface area contributed by atoms with E-state index in [-0.39, 0.29) is 13.1 Å². The van der Waals surface area contributed by atoms with Gasteiger partial charge in [-0.25, -0.2) is 0 Å². The van der Waals surface area contributed by atoms with Crippen LogP contribution in [0.25, 0.3) is 0 Å². The lowest BCUT2D eigenvalue weighted by Crippen LogP contribution is -2.42. The van der Waals surface area contributed by atoms with Gasteiger partial charge < -0.3 is 9.64 Å². The smallest absolute Gasteiger partial charge is 0.380 e. The molecule has 1 amide bonds. The summed E-state index contributed by atoms with van der Waals surface area (Å²) in [7, 11) is 1.59. The van der Waals surface area contributed by atoms with E-state index >= 15 is 0 Å². The average molecular weight is 366 g/mol. The first-order valence-electron chi connectivity index (χ1n) is 6.48. The standard InChI is InChI=1S/C14H15BrF3NO2/c1-21-8-11-6-9-2-4-19(13(20)14(16,17)18)5-3-10(9)7-12(11)15/h6-7H,2-5,8H2,1H3. The number of halogens is 4. The number of fused-ring (bicyclic) bond motifs is 1. The van der Waals surface area contributed by atoms with Gasteiger partial charge in [-0.15, -0.1) is 0 Å². The Kier molecular flexibility index (Phi) is 4.93. The van der Waals surface area contributed by atoms with Gasteiger partial charge in [0.05, 0.1) is 6.61 Å². The van der Waals surface area contributed by atoms with Crippen molar-refractivity contribution in [3.8, 4) is 0 Å². The van der Waals surface area contributed by atoms with Crippen LogP contribution in [-0.4, -0.2) is 37.2 Å². The molecule has 0 aliphatic carbocycles. The van der Waals surface area contributed by atoms with Crippen LogP contribution < -0.4 is 0 Å². The summed E-state index contributed by atoms with van der Waals surface area (Å²) in [5, 5.41) is 0. The van der Waals surface area contributed by atoms with Crippen molar-refractivity contribution in [1.82, 2.24) is 4.90 Å². The zero-order valence-corrected chi connectivity index (χ0v) is 13.1. The summed E-state index contributed by atoms with van der Waals surface area (Å²) in [6.45, 7) is 0.597. The zero-order chi connectivity index (χ0) is 15.6. The summed E-state index contributed by atoms with van der Waals surface area (Å²) in [6, 6.07) is 3.84. The Bertz CT molecular complexity index is 546. The fraction of sp³-hybridized carbons (Fsp3) is 0.500. The number of hydrogen-bond donors (Lipinski definition) is 0. The molecule has 0 unspecified atom stereocenters. The molecule has 0 fully saturated rings. The molecule has 1 aromatic rings. The summed E-state index contributed by atoms with van der Waals surface area (Å²) in [4.78, 5) is 12.2. The van der Waals surface area contributed by atoms with Crippen molar-refractivity contribution in [2.45, 2.75) is 25.6 Å². The summed E-state index contributed by atoms with van der Waals surface area (Å²) >= 11 is 3.44. The molecular weight excluding hydrogens is 351 g/mol. The third-order valence-corrected chi connectivity index (χ3v) is 4.24. The molecule has 0 atom stereocenters. The molecule has 0 spiro atoms. The minimum Gasteiger partial charge on any atom is -0.380 e. The first-order valence-corrected chi connectivity index (χ1v) is 7.27. The molecule has 7 heteroatoms. The molecule has 1 aliphatic rings. The molecule has 0 bridgehead atoms. The molecule has 1 aromatic carbocycles. The van der Waals surface area contributed by atoms with Crippen molar-refractivity contribution in [2.24, 2.45) is 0 Å². The average Bonchev–Trinajstić information content (AvgIpc) is 2.60. The Labute approximate surface area is 129 Å². The van der Waals surface area contributed by atoms with Crippen molar-refractivity contribution in [3.05, 3.63) is 33.3 Å². The SMILES string of the molecule is COCc1cc2c(cc1Br)CCN(C(=O)C(F)(F)F)CC2. The number of methoxy groups -OCH3 is 1. The summed E-state index contributed by atoms with van der Waals surface area (Å²) in [5.74, 6) is -1.76. The number of hydrogen-bond acceptors (Lipinski definition) is 2. The topological polar surface area (TPSA) is 29.5 Å². The van der Waals surface area contributed by atoms with Crippen LogP contribution in [0.5, 0.6) is 0 Å². The van der Waals surface area contributed by atoms with Crippen molar-refractivity contribution in [2.75, 3.05) is 20.2 Å². The van der Waals surface area contributed by atoms with Gasteiger partial charge in [-0.3, -0.25) is 4.79 Å². The molecule has 0 N–H and O–H groups in total. The normalized spacial score (nSPS) is 15.6. The quantitative estimate of drug-likeness (QED) is 0.805. The van der Waals surface area contributed by atoms with E-state index in [1.165, 1.54) is 0 Å². The Morgan fingerprint density at radius 1 is 1.29 bits per heavy atom. The molecule has 1 heterocycles. The Balaban J connectivity index is 2.19. The number of carbonyl (C=O) groups excluding carboxylic acids is 1. The molecule has 21 heavy (non-hydrogen) atoms. The number of nitrogens with zero attached hydrogens (tertiary/aromatic N) is 1. The highest BCUT2D eigenvalue weighted by Gasteiger charge is 2.42. The van der Waals surface area contributed by atoms with Crippen LogP contribution >= 0.6 is 15.9 Å². The molecular formula is C14H15BrF3NO2. The molecule has 0 aromatic heterocycles. The second-order valence-electron chi connectivity index (χ2n) is 4.94. The van der Waals surface area contributed by atoms with Gasteiger partial charge in [0.1, 0.15) is 0 Å². The van der Waals surface area contributed by atoms with Crippen LogP contribution in [0.4, 0.5) is 13.2 Å². The van der Waals surface area contributed by atoms with E-state index in [0.717, 1.165) is 26.1 Å². The summed E-state index contributed by atoms with van der Waals surface area (Å²) in [6.07, 6.45) is -3.97. The van der Waals surface area contributed by atoms with Gasteiger partial charge in [0.15, 0.2) is 0 Å². The maximum Gasteiger partial charge on any atom is 0.471 e. The van der Waals surface area contributed by atoms with Gasteiger partial charge in [-0.1, -0.05) is 22.0 Å². The number of rotatable bonds is 2. The lowest BCUT2D eigenvalue weighted by atomic mass is 10.0. The van der Waals surface area contributed by atoms with Gasteiger partial charge in [-0.05, 0) is 35.6 Å². The van der Waals surface area contributed by atoms with Gasteiger partial charge in [0, 0.05) is 24.7 Å². The highest BCUT2D eigenvalue weighted by atomic mass is 79.9. The fourth-order valence-electron chi connectivity index (χ4n) is 2.45. The van der Waals surface area contributed by atoms with Crippen LogP contribution in [0.1, 0.15) is 16.7 Å². The number of benzene rings is 1. The van der Waals surface area contributed by atoms with E-state index in [1.807, 2.05) is 12.1 Å². The first-order chi connectivity index (χ1) is 9.82. The second kappa shape index (κ2) is 6.36. The maximum absolute atomic E-state index is 12.5. The highest BCUT2D eigenvalue weighted by molar-refractivity contribution is 9.10. The lowest BCUT2D eigenvalue weighted by molar-refractivity contribution is -0.185. The number of carbonyl (C=O) groups is 1. The number of alkyl halides is 3. The predicted molar refractivity (Wildman–Crippen MR) is 74.9 cm³/mol. The molecule has 0 saturated carbocycles. The van der Waals surface area contributed by atoms with Crippen LogP contribution in [0, 0.1) is 0 Å². The first kappa shape index (κ1) is 16.3. The van der Waals surface area contributed by atoms with Crippen LogP contribution in [-0.2, 0) is 29.0 Å². The molecule has 3 nitrogen and oxygen atoms in total. The fourth-order valence-corrected chi connectivity index (χ4v) is 2.95. The van der Waals surface area contributed by atoms with Gasteiger partial charge in [0.25, 0.3) is 0 Å². The van der Waals surface area contributed by atoms with Crippen molar-refractivity contribution < 1.29 is 22.7 Å². The van der Waals surface area contributed by atoms with E-state index < -0.39 is 12.1 Å². The van der Waals surface area contributed by atoms with Crippen molar-refractivity contribution >= 4 is 21.8 Å². The van der Waals surface area contributed by atoms with Crippen molar-refractivity contribution in [1.29, 1.82) is 0 Å². The molecule has 0 radical (unpaired) electrons. The minimum absolute atomic E-state index is 0.0827. The van der Waals surface area contributed by atoms with Crippen LogP contribution in [0.15, 0.2) is 16.6 Å². The van der Waals surface area contributed by atoms with Crippen molar-refractivity contribution in [3.63, 3.8) is 0 Å². The monoisotopic (exact) mass is 365 g/mol. The second-order valence-corrected chi connectivity index (χ2v) is 5.79. The Morgan fingerprint density at radius 3 is 2.38 bits per heavy atom. The lowest BCUT2D eigenvalue weighted by Gasteiger charge is -2.21. The van der Waals surface area contributed by atoms with Gasteiger partial charge in [0.2, 0.25) is 0 Å². The predicted octanol–water partition coefficient (Wildman–Crippen LogP) is 3.09. The third kappa shape index (κ3) is 3.77. The highest BCUT2D eigenvalue weighted by Crippen LogP contribution is 2.27. The molecule has 116 valence electrons. The zero-order valence-electron chi connectivity index (χ0n) is 11.5. The maximum atomic E-state index is 12.5. The van der Waals surface area contributed by atoms with E-state index in [1.54, 1.807) is 7.11 Å². The largest absolute Gasteiger partial charge is 0.471 e. The van der Waals surface area contributed by atoms with E-state index in [9.17, 15) is 18.0 Å². The minimum atomic E-state index is -4.81. The van der Waals surface area contributed by atoms with Crippen LogP contribution in [0.2, 0.25) is 0 Å². The summed E-state index contributed by atoms with van der Waals surface area (Å²) in [5.41, 5.74) is 2.90. The Hall–Kier alpha value is -1.08.